The summed E-state index contributed by atoms with van der Waals surface area (Å²) in [5.41, 5.74) is 5.69. The number of ether oxygens (including phenoxy) is 2. The highest BCUT2D eigenvalue weighted by molar-refractivity contribution is 7.59. The lowest BCUT2D eigenvalue weighted by atomic mass is 10.1. The summed E-state index contributed by atoms with van der Waals surface area (Å²) in [6.45, 7) is 8.26. The van der Waals surface area contributed by atoms with Gasteiger partial charge in [-0.3, -0.25) is 9.36 Å². The Morgan fingerprint density at radius 2 is 1.85 bits per heavy atom. The third-order valence-corrected chi connectivity index (χ3v) is 8.02. The van der Waals surface area contributed by atoms with E-state index in [0.29, 0.717) is 17.6 Å². The van der Waals surface area contributed by atoms with Gasteiger partial charge in [0.15, 0.2) is 11.5 Å². The SMILES string of the molecule is CCCOC(=O)C(C)(C)NP(=O)(COC(C)Cn1cnc2c(N)ncnc21)N[C@H](c1ccc(C)cc1)C(F)(F)F. The first-order valence-electron chi connectivity index (χ1n) is 12.6. The van der Waals surface area contributed by atoms with Crippen molar-refractivity contribution >= 4 is 30.4 Å². The minimum Gasteiger partial charge on any atom is -0.464 e. The zero-order valence-corrected chi connectivity index (χ0v) is 23.9. The Bertz CT molecular complexity index is 1350. The third-order valence-electron chi connectivity index (χ3n) is 5.91. The fourth-order valence-electron chi connectivity index (χ4n) is 3.87. The van der Waals surface area contributed by atoms with E-state index in [2.05, 4.69) is 25.1 Å². The lowest BCUT2D eigenvalue weighted by Crippen LogP contribution is -2.50. The zero-order valence-electron chi connectivity index (χ0n) is 23.0. The largest absolute Gasteiger partial charge is 0.464 e. The molecule has 40 heavy (non-hydrogen) atoms. The van der Waals surface area contributed by atoms with E-state index in [4.69, 9.17) is 15.2 Å². The van der Waals surface area contributed by atoms with Gasteiger partial charge < -0.3 is 19.8 Å². The summed E-state index contributed by atoms with van der Waals surface area (Å²) < 4.78 is 69.5. The van der Waals surface area contributed by atoms with E-state index in [9.17, 15) is 22.5 Å². The van der Waals surface area contributed by atoms with Crippen molar-refractivity contribution in [2.75, 3.05) is 18.7 Å². The third kappa shape index (κ3) is 8.00. The van der Waals surface area contributed by atoms with Gasteiger partial charge in [-0.2, -0.15) is 13.2 Å². The summed E-state index contributed by atoms with van der Waals surface area (Å²) in [4.78, 5) is 24.9. The Hall–Kier alpha value is -3.06. The van der Waals surface area contributed by atoms with Crippen molar-refractivity contribution in [1.29, 1.82) is 0 Å². The maximum absolute atomic E-state index is 14.3. The van der Waals surface area contributed by atoms with E-state index in [1.165, 1.54) is 50.8 Å². The summed E-state index contributed by atoms with van der Waals surface area (Å²) in [5, 5.41) is 4.86. The van der Waals surface area contributed by atoms with Gasteiger partial charge in [-0.15, -0.1) is 0 Å². The fraction of sp³-hybridized carbons (Fsp3) is 0.520. The molecule has 0 aliphatic carbocycles. The maximum Gasteiger partial charge on any atom is 0.408 e. The van der Waals surface area contributed by atoms with E-state index in [0.717, 1.165) is 5.56 Å². The molecule has 220 valence electrons. The molecule has 2 aromatic heterocycles. The van der Waals surface area contributed by atoms with E-state index in [-0.39, 0.29) is 24.5 Å². The van der Waals surface area contributed by atoms with Gasteiger partial charge in [-0.25, -0.2) is 25.1 Å². The first kappa shape index (κ1) is 31.5. The molecule has 1 aromatic carbocycles. The number of imidazole rings is 1. The quantitative estimate of drug-likeness (QED) is 0.194. The van der Waals surface area contributed by atoms with E-state index < -0.39 is 43.6 Å². The minimum absolute atomic E-state index is 0.108. The van der Waals surface area contributed by atoms with E-state index >= 15 is 0 Å². The minimum atomic E-state index is -4.81. The molecule has 2 unspecified atom stereocenters. The van der Waals surface area contributed by atoms with Gasteiger partial charge in [0.1, 0.15) is 29.8 Å². The Kier molecular flexibility index (Phi) is 9.94. The molecule has 0 amide bonds. The summed E-state index contributed by atoms with van der Waals surface area (Å²) in [5.74, 6) is -0.563. The molecule has 3 aromatic rings. The first-order valence-corrected chi connectivity index (χ1v) is 14.5. The number of anilines is 1. The number of aryl methyl sites for hydroxylation is 1. The normalized spacial score (nSPS) is 15.5. The molecule has 0 saturated heterocycles. The average Bonchev–Trinajstić information content (AvgIpc) is 3.28. The maximum atomic E-state index is 14.3. The number of hydrogen-bond donors (Lipinski definition) is 3. The number of carbonyl (C=O) groups is 1. The van der Waals surface area contributed by atoms with Crippen LogP contribution >= 0.6 is 7.44 Å². The molecule has 3 atom stereocenters. The summed E-state index contributed by atoms with van der Waals surface area (Å²) >= 11 is 0. The molecule has 0 aliphatic heterocycles. The standard InChI is InChI=1S/C25H35F3N7O4P/c1-6-11-38-23(36)24(4,5)34-40(37,33-20(25(26,27)28)18-9-7-16(2)8-10-18)15-39-17(3)12-35-14-32-19-21(29)30-13-31-22(19)35/h7-10,13-14,17,20H,6,11-12,15H2,1-5H3,(H2,29,30,31)(H2,33,34,37)/t17?,20-,40?/m1/s1. The van der Waals surface area contributed by atoms with E-state index in [1.807, 2.05) is 0 Å². The Labute approximate surface area is 230 Å². The first-order chi connectivity index (χ1) is 18.6. The second-order valence-electron chi connectivity index (χ2n) is 10.1. The molecule has 0 bridgehead atoms. The van der Waals surface area contributed by atoms with Crippen LogP contribution in [0.4, 0.5) is 19.0 Å². The summed E-state index contributed by atoms with van der Waals surface area (Å²) in [6.07, 6.45) is -2.81. The molecule has 2 heterocycles. The lowest BCUT2D eigenvalue weighted by Gasteiger charge is -2.34. The number of benzene rings is 1. The number of esters is 1. The fourth-order valence-corrected chi connectivity index (χ4v) is 6.25. The predicted octanol–water partition coefficient (Wildman–Crippen LogP) is 4.49. The number of alkyl halides is 3. The molecule has 4 N–H and O–H groups in total. The van der Waals surface area contributed by atoms with Crippen molar-refractivity contribution in [3.8, 4) is 0 Å². The monoisotopic (exact) mass is 585 g/mol. The zero-order chi connectivity index (χ0) is 29.7. The van der Waals surface area contributed by atoms with Crippen LogP contribution in [0.2, 0.25) is 0 Å². The number of nitrogen functional groups attached to an aromatic ring is 1. The molecular weight excluding hydrogens is 550 g/mol. The van der Waals surface area contributed by atoms with Crippen LogP contribution in [0, 0.1) is 6.92 Å². The van der Waals surface area contributed by atoms with Crippen molar-refractivity contribution < 1.29 is 32.0 Å². The molecule has 0 saturated carbocycles. The van der Waals surface area contributed by atoms with Crippen LogP contribution in [0.15, 0.2) is 36.9 Å². The molecule has 0 spiro atoms. The van der Waals surface area contributed by atoms with Crippen LogP contribution < -0.4 is 15.9 Å². The van der Waals surface area contributed by atoms with Gasteiger partial charge >= 0.3 is 12.1 Å². The molecule has 0 radical (unpaired) electrons. The van der Waals surface area contributed by atoms with Crippen LogP contribution in [0.3, 0.4) is 0 Å². The number of halogens is 3. The topological polar surface area (TPSA) is 146 Å². The van der Waals surface area contributed by atoms with Gasteiger partial charge in [-0.05, 0) is 39.7 Å². The second-order valence-corrected chi connectivity index (χ2v) is 12.3. The van der Waals surface area contributed by atoms with Crippen LogP contribution in [0.1, 0.15) is 51.3 Å². The molecule has 15 heteroatoms. The van der Waals surface area contributed by atoms with Gasteiger partial charge in [-0.1, -0.05) is 36.8 Å². The number of fused-ring (bicyclic) bond motifs is 1. The Morgan fingerprint density at radius 1 is 1.18 bits per heavy atom. The average molecular weight is 586 g/mol. The molecule has 11 nitrogen and oxygen atoms in total. The number of nitrogens with one attached hydrogen (secondary N) is 2. The van der Waals surface area contributed by atoms with Crippen molar-refractivity contribution in [2.24, 2.45) is 0 Å². The predicted molar refractivity (Wildman–Crippen MR) is 144 cm³/mol. The highest BCUT2D eigenvalue weighted by Crippen LogP contribution is 2.46. The van der Waals surface area contributed by atoms with Crippen molar-refractivity contribution in [2.45, 2.75) is 71.4 Å². The second kappa shape index (κ2) is 12.6. The molecule has 0 aliphatic rings. The highest BCUT2D eigenvalue weighted by Gasteiger charge is 2.47. The number of nitrogens with zero attached hydrogens (tertiary/aromatic N) is 4. The summed E-state index contributed by atoms with van der Waals surface area (Å²) in [7, 11) is -4.27. The van der Waals surface area contributed by atoms with Crippen molar-refractivity contribution in [3.63, 3.8) is 0 Å². The lowest BCUT2D eigenvalue weighted by molar-refractivity contribution is -0.153. The van der Waals surface area contributed by atoms with Crippen LogP contribution in [0.5, 0.6) is 0 Å². The molecule has 0 fully saturated rings. The van der Waals surface area contributed by atoms with Crippen molar-refractivity contribution in [1.82, 2.24) is 29.7 Å². The number of aromatic nitrogens is 4. The number of carbonyl (C=O) groups excluding carboxylic acids is 1. The van der Waals surface area contributed by atoms with Crippen LogP contribution in [0.25, 0.3) is 11.2 Å². The molecular formula is C25H35F3N7O4P. The van der Waals surface area contributed by atoms with Crippen molar-refractivity contribution in [3.05, 3.63) is 48.0 Å². The Balaban J connectivity index is 1.86. The Morgan fingerprint density at radius 3 is 2.48 bits per heavy atom. The van der Waals surface area contributed by atoms with Gasteiger partial charge in [0, 0.05) is 0 Å². The van der Waals surface area contributed by atoms with Crippen LogP contribution in [-0.2, 0) is 25.4 Å². The van der Waals surface area contributed by atoms with Gasteiger partial charge in [0.2, 0.25) is 7.44 Å². The highest BCUT2D eigenvalue weighted by atomic mass is 31.2. The van der Waals surface area contributed by atoms with Crippen LogP contribution in [-0.4, -0.2) is 56.3 Å². The smallest absolute Gasteiger partial charge is 0.408 e. The van der Waals surface area contributed by atoms with E-state index in [1.54, 1.807) is 25.3 Å². The number of nitrogens with two attached hydrogens (primary N) is 1. The van der Waals surface area contributed by atoms with Gasteiger partial charge in [0.05, 0.1) is 25.6 Å². The number of rotatable bonds is 13. The summed E-state index contributed by atoms with van der Waals surface area (Å²) in [6, 6.07) is 3.39. The molecule has 3 rings (SSSR count). The van der Waals surface area contributed by atoms with Gasteiger partial charge in [0.25, 0.3) is 0 Å². The number of hydrogen-bond acceptors (Lipinski definition) is 8.